The third-order valence-corrected chi connectivity index (χ3v) is 10.0. The van der Waals surface area contributed by atoms with Gasteiger partial charge in [0.1, 0.15) is 0 Å². The highest BCUT2D eigenvalue weighted by molar-refractivity contribution is 7.20. The molecule has 0 radical (unpaired) electrons. The fraction of sp³-hybridized carbons (Fsp3) is 0.421. The SMILES string of the molecule is CCCCCCCCC#Cc1cc2cc3ccc4cc5cc(C#CC(N)CCCCCCC)sc5cc4c3cc2s1. The summed E-state index contributed by atoms with van der Waals surface area (Å²) in [5, 5.41) is 7.75. The standard InChI is InChI=1S/C38H43NS2/c1-3-5-7-9-10-11-13-15-17-33-24-30-22-28-18-19-29-23-31-25-34(21-20-32(39)16-14-12-8-6-4-2)41-38(31)27-36(29)35(28)26-37(30)40-33/h18-19,22-27,32H,3-14,16,39H2,1-2H3. The van der Waals surface area contributed by atoms with Gasteiger partial charge < -0.3 is 5.73 Å². The van der Waals surface area contributed by atoms with E-state index < -0.39 is 0 Å². The van der Waals surface area contributed by atoms with Gasteiger partial charge in [-0.25, -0.2) is 0 Å². The average molecular weight is 578 g/mol. The van der Waals surface area contributed by atoms with Gasteiger partial charge in [-0.3, -0.25) is 0 Å². The van der Waals surface area contributed by atoms with Crippen molar-refractivity contribution in [3.8, 4) is 23.7 Å². The van der Waals surface area contributed by atoms with E-state index in [-0.39, 0.29) is 6.04 Å². The maximum atomic E-state index is 6.31. The number of fused-ring (bicyclic) bond motifs is 5. The van der Waals surface area contributed by atoms with E-state index in [1.54, 1.807) is 11.3 Å². The van der Waals surface area contributed by atoms with Gasteiger partial charge in [-0.1, -0.05) is 114 Å². The molecule has 1 nitrogen and oxygen atoms in total. The van der Waals surface area contributed by atoms with E-state index in [1.165, 1.54) is 117 Å². The molecule has 0 fully saturated rings. The summed E-state index contributed by atoms with van der Waals surface area (Å²) in [6.07, 6.45) is 16.2. The van der Waals surface area contributed by atoms with Crippen molar-refractivity contribution in [3.63, 3.8) is 0 Å². The van der Waals surface area contributed by atoms with Crippen LogP contribution in [0.2, 0.25) is 0 Å². The molecule has 3 heteroatoms. The number of unbranched alkanes of at least 4 members (excludes halogenated alkanes) is 10. The van der Waals surface area contributed by atoms with Gasteiger partial charge in [-0.15, -0.1) is 22.7 Å². The Kier molecular flexibility index (Phi) is 10.8. The van der Waals surface area contributed by atoms with Crippen LogP contribution in [0.5, 0.6) is 0 Å². The molecule has 3 aromatic carbocycles. The van der Waals surface area contributed by atoms with Crippen molar-refractivity contribution >= 4 is 64.4 Å². The van der Waals surface area contributed by atoms with Crippen molar-refractivity contribution in [2.45, 2.75) is 103 Å². The third-order valence-electron chi connectivity index (χ3n) is 7.98. The first kappa shape index (κ1) is 29.7. The van der Waals surface area contributed by atoms with E-state index in [1.807, 2.05) is 11.3 Å². The maximum Gasteiger partial charge on any atom is 0.0781 e. The van der Waals surface area contributed by atoms with Crippen molar-refractivity contribution in [2.24, 2.45) is 5.73 Å². The summed E-state index contributed by atoms with van der Waals surface area (Å²) in [7, 11) is 0. The molecule has 41 heavy (non-hydrogen) atoms. The van der Waals surface area contributed by atoms with Crippen LogP contribution in [-0.2, 0) is 0 Å². The molecule has 5 rings (SSSR count). The number of rotatable bonds is 12. The van der Waals surface area contributed by atoms with Gasteiger partial charge in [0, 0.05) is 15.8 Å². The molecule has 0 amide bonds. The lowest BCUT2D eigenvalue weighted by Crippen LogP contribution is -2.16. The van der Waals surface area contributed by atoms with E-state index in [2.05, 4.69) is 86.1 Å². The zero-order chi connectivity index (χ0) is 28.4. The smallest absolute Gasteiger partial charge is 0.0781 e. The molecular weight excluding hydrogens is 535 g/mol. The number of hydrogen-bond donors (Lipinski definition) is 1. The first-order chi connectivity index (χ1) is 20.1. The Bertz CT molecular complexity index is 1730. The van der Waals surface area contributed by atoms with Crippen LogP contribution in [0, 0.1) is 23.7 Å². The Morgan fingerprint density at radius 2 is 1.15 bits per heavy atom. The quantitative estimate of drug-likeness (QED) is 0.0890. The fourth-order valence-electron chi connectivity index (χ4n) is 5.60. The first-order valence-corrected chi connectivity index (χ1v) is 17.4. The number of benzene rings is 3. The Hall–Kier alpha value is -2.82. The van der Waals surface area contributed by atoms with Crippen molar-refractivity contribution in [1.82, 2.24) is 0 Å². The minimum atomic E-state index is -0.0387. The van der Waals surface area contributed by atoms with E-state index in [0.717, 1.165) is 17.7 Å². The van der Waals surface area contributed by atoms with Gasteiger partial charge in [-0.2, -0.15) is 0 Å². The van der Waals surface area contributed by atoms with E-state index >= 15 is 0 Å². The molecular formula is C38H43NS2. The lowest BCUT2D eigenvalue weighted by atomic mass is 10.00. The molecule has 0 aliphatic carbocycles. The van der Waals surface area contributed by atoms with Crippen LogP contribution in [0.25, 0.3) is 41.7 Å². The highest BCUT2D eigenvalue weighted by Crippen LogP contribution is 2.37. The van der Waals surface area contributed by atoms with Crippen molar-refractivity contribution in [1.29, 1.82) is 0 Å². The summed E-state index contributed by atoms with van der Waals surface area (Å²) in [6, 6.07) is 18.3. The Balaban J connectivity index is 1.32. The number of hydrogen-bond acceptors (Lipinski definition) is 3. The van der Waals surface area contributed by atoms with Crippen LogP contribution in [0.15, 0.2) is 48.5 Å². The predicted molar refractivity (Wildman–Crippen MR) is 185 cm³/mol. The van der Waals surface area contributed by atoms with E-state index in [4.69, 9.17) is 5.73 Å². The zero-order valence-electron chi connectivity index (χ0n) is 24.8. The van der Waals surface area contributed by atoms with Crippen LogP contribution in [0.4, 0.5) is 0 Å². The van der Waals surface area contributed by atoms with E-state index in [0.29, 0.717) is 0 Å². The van der Waals surface area contributed by atoms with Crippen LogP contribution in [0.1, 0.15) is 107 Å². The normalized spacial score (nSPS) is 12.1. The Morgan fingerprint density at radius 3 is 1.76 bits per heavy atom. The second kappa shape index (κ2) is 14.9. The van der Waals surface area contributed by atoms with Gasteiger partial charge in [0.2, 0.25) is 0 Å². The van der Waals surface area contributed by atoms with E-state index in [9.17, 15) is 0 Å². The average Bonchev–Trinajstić information content (AvgIpc) is 3.57. The molecule has 1 unspecified atom stereocenters. The molecule has 2 aromatic heterocycles. The van der Waals surface area contributed by atoms with Gasteiger partial charge in [-0.05, 0) is 81.6 Å². The summed E-state index contributed by atoms with van der Waals surface area (Å²) in [5.74, 6) is 13.5. The minimum Gasteiger partial charge on any atom is -0.318 e. The molecule has 0 spiro atoms. The van der Waals surface area contributed by atoms with Gasteiger partial charge in [0.15, 0.2) is 0 Å². The van der Waals surface area contributed by atoms with Crippen LogP contribution in [-0.4, -0.2) is 6.04 Å². The summed E-state index contributed by atoms with van der Waals surface area (Å²) in [5.41, 5.74) is 6.31. The van der Waals surface area contributed by atoms with Crippen LogP contribution in [0.3, 0.4) is 0 Å². The monoisotopic (exact) mass is 577 g/mol. The fourth-order valence-corrected chi connectivity index (χ4v) is 7.50. The molecule has 0 aliphatic heterocycles. The zero-order valence-corrected chi connectivity index (χ0v) is 26.4. The molecule has 1 atom stereocenters. The second-order valence-corrected chi connectivity index (χ2v) is 13.6. The summed E-state index contributed by atoms with van der Waals surface area (Å²) < 4.78 is 2.60. The molecule has 5 aromatic rings. The highest BCUT2D eigenvalue weighted by atomic mass is 32.1. The molecule has 2 N–H and O–H groups in total. The lowest BCUT2D eigenvalue weighted by molar-refractivity contribution is 0.588. The predicted octanol–water partition coefficient (Wildman–Crippen LogP) is 11.6. The molecule has 2 heterocycles. The molecule has 0 saturated heterocycles. The second-order valence-electron chi connectivity index (χ2n) is 11.4. The summed E-state index contributed by atoms with van der Waals surface area (Å²) >= 11 is 3.60. The highest BCUT2D eigenvalue weighted by Gasteiger charge is 2.09. The molecule has 212 valence electrons. The van der Waals surface area contributed by atoms with Crippen LogP contribution >= 0.6 is 22.7 Å². The Labute approximate surface area is 254 Å². The van der Waals surface area contributed by atoms with Gasteiger partial charge in [0.05, 0.1) is 15.8 Å². The van der Waals surface area contributed by atoms with Crippen molar-refractivity contribution in [3.05, 3.63) is 58.3 Å². The minimum absolute atomic E-state index is 0.0387. The molecule has 0 saturated carbocycles. The number of thiophene rings is 2. The summed E-state index contributed by atoms with van der Waals surface area (Å²) in [6.45, 7) is 4.52. The first-order valence-electron chi connectivity index (χ1n) is 15.7. The Morgan fingerprint density at radius 1 is 0.610 bits per heavy atom. The largest absolute Gasteiger partial charge is 0.318 e. The van der Waals surface area contributed by atoms with Crippen LogP contribution < -0.4 is 5.73 Å². The van der Waals surface area contributed by atoms with Crippen molar-refractivity contribution in [2.75, 3.05) is 0 Å². The topological polar surface area (TPSA) is 26.0 Å². The van der Waals surface area contributed by atoms with Crippen molar-refractivity contribution < 1.29 is 0 Å². The van der Waals surface area contributed by atoms with Gasteiger partial charge >= 0.3 is 0 Å². The third kappa shape index (κ3) is 7.93. The van der Waals surface area contributed by atoms with Gasteiger partial charge in [0.25, 0.3) is 0 Å². The lowest BCUT2D eigenvalue weighted by Gasteiger charge is -2.05. The summed E-state index contributed by atoms with van der Waals surface area (Å²) in [4.78, 5) is 2.28. The number of nitrogens with two attached hydrogens (primary N) is 1. The molecule has 0 aliphatic rings. The molecule has 0 bridgehead atoms. The maximum absolute atomic E-state index is 6.31.